The molecule has 1 heterocycles. The summed E-state index contributed by atoms with van der Waals surface area (Å²) < 4.78 is 40.9. The predicted octanol–water partition coefficient (Wildman–Crippen LogP) is 3.28. The van der Waals surface area contributed by atoms with Crippen LogP contribution in [0.2, 0.25) is 0 Å². The third-order valence-corrected chi connectivity index (χ3v) is 6.35. The number of benzene rings is 2. The van der Waals surface area contributed by atoms with Gasteiger partial charge >= 0.3 is 0 Å². The molecule has 0 atom stereocenters. The Morgan fingerprint density at radius 3 is 2.39 bits per heavy atom. The zero-order valence-corrected chi connectivity index (χ0v) is 14.6. The first-order valence-corrected chi connectivity index (χ1v) is 9.11. The largest absolute Gasteiger partial charge is 0.293 e. The van der Waals surface area contributed by atoms with Crippen molar-refractivity contribution in [3.63, 3.8) is 0 Å². The van der Waals surface area contributed by atoms with Crippen molar-refractivity contribution in [2.75, 3.05) is 6.54 Å². The summed E-state index contributed by atoms with van der Waals surface area (Å²) in [5, 5.41) is 0. The van der Waals surface area contributed by atoms with E-state index in [2.05, 4.69) is 15.9 Å². The maximum atomic E-state index is 13.9. The van der Waals surface area contributed by atoms with Gasteiger partial charge in [-0.15, -0.1) is 0 Å². The molecule has 0 N–H and O–H groups in total. The highest BCUT2D eigenvalue weighted by molar-refractivity contribution is 9.10. The lowest BCUT2D eigenvalue weighted by molar-refractivity contribution is 0.0944. The molecule has 2 aromatic rings. The molecule has 1 aliphatic heterocycles. The molecule has 0 aliphatic carbocycles. The number of ketones is 1. The average Bonchev–Trinajstić information content (AvgIpc) is 2.51. The van der Waals surface area contributed by atoms with Crippen molar-refractivity contribution in [3.8, 4) is 0 Å². The van der Waals surface area contributed by atoms with Crippen molar-refractivity contribution in [2.45, 2.75) is 18.4 Å². The minimum Gasteiger partial charge on any atom is -0.293 e. The number of aryl methyl sites for hydroxylation is 1. The number of hydrogen-bond donors (Lipinski definition) is 0. The van der Waals surface area contributed by atoms with Gasteiger partial charge in [0, 0.05) is 11.0 Å². The Kier molecular flexibility index (Phi) is 4.12. The molecular weight excluding hydrogens is 385 g/mol. The summed E-state index contributed by atoms with van der Waals surface area (Å²) in [6.45, 7) is 1.45. The highest BCUT2D eigenvalue weighted by atomic mass is 79.9. The van der Waals surface area contributed by atoms with Crippen LogP contribution in [-0.2, 0) is 16.6 Å². The number of nitrogens with zero attached hydrogens (tertiary/aromatic N) is 1. The van der Waals surface area contributed by atoms with Crippen LogP contribution in [0.3, 0.4) is 0 Å². The summed E-state index contributed by atoms with van der Waals surface area (Å²) in [7, 11) is -3.81. The molecule has 0 spiro atoms. The number of fused-ring (bicyclic) bond motifs is 1. The molecule has 2 aromatic carbocycles. The van der Waals surface area contributed by atoms with E-state index in [9.17, 15) is 17.6 Å². The fourth-order valence-electron chi connectivity index (χ4n) is 2.55. The molecule has 3 rings (SSSR count). The Bertz CT molecular complexity index is 894. The van der Waals surface area contributed by atoms with Crippen LogP contribution in [0.25, 0.3) is 0 Å². The van der Waals surface area contributed by atoms with E-state index >= 15 is 0 Å². The number of carbonyl (C=O) groups excluding carboxylic acids is 1. The van der Waals surface area contributed by atoms with E-state index in [0.717, 1.165) is 9.87 Å². The fraction of sp³-hybridized carbons (Fsp3) is 0.188. The summed E-state index contributed by atoms with van der Waals surface area (Å²) in [5.41, 5.74) is 1.26. The van der Waals surface area contributed by atoms with Gasteiger partial charge in [0.25, 0.3) is 0 Å². The lowest BCUT2D eigenvalue weighted by atomic mass is 9.99. The van der Waals surface area contributed by atoms with Crippen LogP contribution in [0.1, 0.15) is 21.5 Å². The van der Waals surface area contributed by atoms with Gasteiger partial charge in [0.2, 0.25) is 10.0 Å². The molecule has 0 aromatic heterocycles. The molecule has 0 saturated heterocycles. The Morgan fingerprint density at radius 1 is 1.09 bits per heavy atom. The van der Waals surface area contributed by atoms with Crippen LogP contribution in [0, 0.1) is 12.7 Å². The van der Waals surface area contributed by atoms with Gasteiger partial charge in [-0.05, 0) is 36.8 Å². The second-order valence-electron chi connectivity index (χ2n) is 5.39. The van der Waals surface area contributed by atoms with Crippen LogP contribution in [0.15, 0.2) is 45.8 Å². The Morgan fingerprint density at radius 2 is 1.74 bits per heavy atom. The number of carbonyl (C=O) groups is 1. The van der Waals surface area contributed by atoms with E-state index in [4.69, 9.17) is 0 Å². The zero-order valence-electron chi connectivity index (χ0n) is 12.2. The second-order valence-corrected chi connectivity index (χ2v) is 8.18. The van der Waals surface area contributed by atoms with Crippen molar-refractivity contribution < 1.29 is 17.6 Å². The van der Waals surface area contributed by atoms with Gasteiger partial charge < -0.3 is 0 Å². The molecule has 4 nitrogen and oxygen atoms in total. The van der Waals surface area contributed by atoms with Crippen molar-refractivity contribution in [1.82, 2.24) is 4.31 Å². The second kappa shape index (κ2) is 5.81. The van der Waals surface area contributed by atoms with Gasteiger partial charge in [-0.25, -0.2) is 12.8 Å². The Balaban J connectivity index is 2.05. The smallest absolute Gasteiger partial charge is 0.243 e. The van der Waals surface area contributed by atoms with Gasteiger partial charge in [0.05, 0.1) is 17.0 Å². The summed E-state index contributed by atoms with van der Waals surface area (Å²) in [6, 6.07) is 9.08. The molecule has 1 aliphatic rings. The molecule has 120 valence electrons. The van der Waals surface area contributed by atoms with Crippen molar-refractivity contribution in [1.29, 1.82) is 0 Å². The van der Waals surface area contributed by atoms with E-state index in [-0.39, 0.29) is 23.5 Å². The first-order valence-electron chi connectivity index (χ1n) is 6.87. The van der Waals surface area contributed by atoms with Gasteiger partial charge in [0.15, 0.2) is 5.78 Å². The van der Waals surface area contributed by atoms with Crippen molar-refractivity contribution >= 4 is 31.7 Å². The molecule has 0 fully saturated rings. The first kappa shape index (κ1) is 16.3. The monoisotopic (exact) mass is 397 g/mol. The summed E-state index contributed by atoms with van der Waals surface area (Å²) in [4.78, 5) is 12.4. The van der Waals surface area contributed by atoms with Crippen LogP contribution in [-0.4, -0.2) is 25.1 Å². The molecule has 23 heavy (non-hydrogen) atoms. The third kappa shape index (κ3) is 2.84. The molecule has 0 amide bonds. The molecule has 0 unspecified atom stereocenters. The quantitative estimate of drug-likeness (QED) is 0.780. The van der Waals surface area contributed by atoms with Crippen LogP contribution < -0.4 is 0 Å². The van der Waals surface area contributed by atoms with Gasteiger partial charge in [0.1, 0.15) is 5.82 Å². The maximum absolute atomic E-state index is 13.9. The third-order valence-electron chi connectivity index (χ3n) is 3.80. The number of hydrogen-bond acceptors (Lipinski definition) is 3. The van der Waals surface area contributed by atoms with E-state index < -0.39 is 21.6 Å². The normalized spacial score (nSPS) is 15.5. The van der Waals surface area contributed by atoms with Crippen molar-refractivity contribution in [2.24, 2.45) is 0 Å². The Hall–Kier alpha value is -1.57. The van der Waals surface area contributed by atoms with Crippen LogP contribution in [0.4, 0.5) is 4.39 Å². The number of rotatable bonds is 2. The highest BCUT2D eigenvalue weighted by Gasteiger charge is 2.34. The molecule has 0 radical (unpaired) electrons. The fourth-order valence-corrected chi connectivity index (χ4v) is 4.37. The van der Waals surface area contributed by atoms with E-state index in [1.54, 1.807) is 12.1 Å². The SMILES string of the molecule is Cc1ccc(S(=O)(=O)N2CC(=O)c3c(F)ccc(Br)c3C2)cc1. The molecule has 7 heteroatoms. The van der Waals surface area contributed by atoms with Gasteiger partial charge in [-0.3, -0.25) is 4.79 Å². The molecule has 0 saturated carbocycles. The zero-order chi connectivity index (χ0) is 16.8. The van der Waals surface area contributed by atoms with Gasteiger partial charge in [-0.1, -0.05) is 33.6 Å². The highest BCUT2D eigenvalue weighted by Crippen LogP contribution is 2.31. The van der Waals surface area contributed by atoms with Crippen LogP contribution >= 0.6 is 15.9 Å². The topological polar surface area (TPSA) is 54.5 Å². The summed E-state index contributed by atoms with van der Waals surface area (Å²) in [5.74, 6) is -1.17. The predicted molar refractivity (Wildman–Crippen MR) is 87.2 cm³/mol. The number of sulfonamides is 1. The molecular formula is C16H13BrFNO3S. The molecule has 0 bridgehead atoms. The number of Topliss-reactive ketones (excluding diaryl/α,β-unsaturated/α-hetero) is 1. The summed E-state index contributed by atoms with van der Waals surface area (Å²) in [6.07, 6.45) is 0. The summed E-state index contributed by atoms with van der Waals surface area (Å²) >= 11 is 3.26. The lowest BCUT2D eigenvalue weighted by Gasteiger charge is -2.28. The number of halogens is 2. The lowest BCUT2D eigenvalue weighted by Crippen LogP contribution is -2.40. The Labute approximate surface area is 142 Å². The van der Waals surface area contributed by atoms with E-state index in [1.807, 2.05) is 6.92 Å². The van der Waals surface area contributed by atoms with Crippen LogP contribution in [0.5, 0.6) is 0 Å². The van der Waals surface area contributed by atoms with E-state index in [1.165, 1.54) is 24.3 Å². The minimum atomic E-state index is -3.81. The van der Waals surface area contributed by atoms with E-state index in [0.29, 0.717) is 10.0 Å². The van der Waals surface area contributed by atoms with Crippen molar-refractivity contribution in [3.05, 3.63) is 63.4 Å². The van der Waals surface area contributed by atoms with Gasteiger partial charge in [-0.2, -0.15) is 4.31 Å². The standard InChI is InChI=1S/C16H13BrFNO3S/c1-10-2-4-11(5-3-10)23(21,22)19-8-12-13(17)6-7-14(18)16(12)15(20)9-19/h2-7H,8-9H2,1H3. The maximum Gasteiger partial charge on any atom is 0.243 e. The minimum absolute atomic E-state index is 0.0327. The first-order chi connectivity index (χ1) is 10.8. The average molecular weight is 398 g/mol.